The Bertz CT molecular complexity index is 463. The van der Waals surface area contributed by atoms with Crippen LogP contribution < -0.4 is 15.1 Å². The normalized spacial score (nSPS) is 19.7. The van der Waals surface area contributed by atoms with Crippen LogP contribution in [0.2, 0.25) is 0 Å². The van der Waals surface area contributed by atoms with Crippen LogP contribution in [0.5, 0.6) is 0 Å². The first-order chi connectivity index (χ1) is 10.0. The third-order valence-corrected chi connectivity index (χ3v) is 3.79. The maximum absolute atomic E-state index is 4.60. The summed E-state index contributed by atoms with van der Waals surface area (Å²) in [6, 6.07) is 0.505. The number of anilines is 3. The molecular weight excluding hydrogens is 266 g/mol. The van der Waals surface area contributed by atoms with Gasteiger partial charge in [0.2, 0.25) is 17.8 Å². The Hall–Kier alpha value is -1.63. The second kappa shape index (κ2) is 6.89. The van der Waals surface area contributed by atoms with Gasteiger partial charge in [-0.05, 0) is 20.4 Å². The summed E-state index contributed by atoms with van der Waals surface area (Å²) in [6.45, 7) is 8.16. The number of aromatic nitrogens is 3. The molecule has 1 atom stereocenters. The number of hydrogen-bond acceptors (Lipinski definition) is 7. The van der Waals surface area contributed by atoms with Gasteiger partial charge in [-0.1, -0.05) is 6.92 Å². The van der Waals surface area contributed by atoms with E-state index in [2.05, 4.69) is 51.0 Å². The molecule has 2 rings (SSSR count). The Morgan fingerprint density at radius 1 is 1.24 bits per heavy atom. The van der Waals surface area contributed by atoms with Crippen molar-refractivity contribution < 1.29 is 0 Å². The smallest absolute Gasteiger partial charge is 0.232 e. The molecule has 1 fully saturated rings. The van der Waals surface area contributed by atoms with Crippen LogP contribution in [0.1, 0.15) is 20.3 Å². The van der Waals surface area contributed by atoms with Crippen molar-refractivity contribution in [2.75, 3.05) is 62.4 Å². The van der Waals surface area contributed by atoms with Crippen molar-refractivity contribution in [2.45, 2.75) is 26.3 Å². The monoisotopic (exact) mass is 293 g/mol. The molecule has 0 bridgehead atoms. The van der Waals surface area contributed by atoms with E-state index in [4.69, 9.17) is 0 Å². The van der Waals surface area contributed by atoms with E-state index < -0.39 is 0 Å². The van der Waals surface area contributed by atoms with Crippen molar-refractivity contribution in [3.05, 3.63) is 0 Å². The number of hydrogen-bond donors (Lipinski definition) is 1. The molecule has 0 aromatic carbocycles. The number of likely N-dealkylation sites (N-methyl/N-ethyl adjacent to an activating group) is 1. The Labute approximate surface area is 127 Å². The van der Waals surface area contributed by atoms with E-state index in [9.17, 15) is 0 Å². The van der Waals surface area contributed by atoms with Crippen LogP contribution in [0.15, 0.2) is 0 Å². The van der Waals surface area contributed by atoms with Crippen LogP contribution >= 0.6 is 0 Å². The lowest BCUT2D eigenvalue weighted by molar-refractivity contribution is 0.233. The molecule has 1 aromatic rings. The highest BCUT2D eigenvalue weighted by Gasteiger charge is 2.23. The minimum absolute atomic E-state index is 0.505. The number of piperazine rings is 1. The number of nitrogens with zero attached hydrogens (tertiary/aromatic N) is 6. The lowest BCUT2D eigenvalue weighted by Crippen LogP contribution is -2.50. The third-order valence-electron chi connectivity index (χ3n) is 3.79. The summed E-state index contributed by atoms with van der Waals surface area (Å²) >= 11 is 0. The van der Waals surface area contributed by atoms with Crippen molar-refractivity contribution >= 4 is 17.8 Å². The van der Waals surface area contributed by atoms with Gasteiger partial charge < -0.3 is 20.0 Å². The molecule has 1 saturated heterocycles. The fraction of sp³-hybridized carbons (Fsp3) is 0.786. The van der Waals surface area contributed by atoms with Gasteiger partial charge in [-0.15, -0.1) is 0 Å². The molecule has 7 heteroatoms. The number of nitrogens with one attached hydrogen (secondary N) is 1. The zero-order valence-electron chi connectivity index (χ0n) is 13.8. The molecule has 118 valence electrons. The van der Waals surface area contributed by atoms with Crippen molar-refractivity contribution in [2.24, 2.45) is 0 Å². The van der Waals surface area contributed by atoms with E-state index in [1.165, 1.54) is 0 Å². The summed E-state index contributed by atoms with van der Waals surface area (Å²) in [6.07, 6.45) is 1.05. The lowest BCUT2D eigenvalue weighted by atomic mass is 10.2. The average molecular weight is 293 g/mol. The topological polar surface area (TPSA) is 60.4 Å². The predicted octanol–water partition coefficient (Wildman–Crippen LogP) is 0.900. The predicted molar refractivity (Wildman–Crippen MR) is 87.2 cm³/mol. The molecule has 0 amide bonds. The fourth-order valence-corrected chi connectivity index (χ4v) is 2.24. The minimum Gasteiger partial charge on any atom is -0.354 e. The zero-order chi connectivity index (χ0) is 15.4. The summed E-state index contributed by atoms with van der Waals surface area (Å²) in [4.78, 5) is 20.2. The highest BCUT2D eigenvalue weighted by Crippen LogP contribution is 2.18. The highest BCUT2D eigenvalue weighted by atomic mass is 15.4. The first-order valence-corrected chi connectivity index (χ1v) is 7.63. The summed E-state index contributed by atoms with van der Waals surface area (Å²) in [7, 11) is 6.07. The van der Waals surface area contributed by atoms with Crippen LogP contribution in [0, 0.1) is 0 Å². The first kappa shape index (κ1) is 15.8. The molecule has 0 aliphatic carbocycles. The van der Waals surface area contributed by atoms with Gasteiger partial charge in [-0.3, -0.25) is 0 Å². The second-order valence-corrected chi connectivity index (χ2v) is 5.86. The average Bonchev–Trinajstić information content (AvgIpc) is 2.47. The second-order valence-electron chi connectivity index (χ2n) is 5.86. The Balaban J connectivity index is 2.22. The van der Waals surface area contributed by atoms with Gasteiger partial charge in [-0.2, -0.15) is 15.0 Å². The molecule has 0 spiro atoms. The van der Waals surface area contributed by atoms with Crippen molar-refractivity contribution in [1.82, 2.24) is 19.9 Å². The maximum Gasteiger partial charge on any atom is 0.232 e. The molecule has 0 radical (unpaired) electrons. The summed E-state index contributed by atoms with van der Waals surface area (Å²) in [5, 5.41) is 3.26. The van der Waals surface area contributed by atoms with Crippen molar-refractivity contribution in [3.8, 4) is 0 Å². The van der Waals surface area contributed by atoms with Gasteiger partial charge in [-0.25, -0.2) is 0 Å². The molecule has 0 saturated carbocycles. The van der Waals surface area contributed by atoms with E-state index in [0.29, 0.717) is 17.9 Å². The quantitative estimate of drug-likeness (QED) is 0.865. The number of rotatable bonds is 5. The summed E-state index contributed by atoms with van der Waals surface area (Å²) in [5.74, 6) is 2.13. The van der Waals surface area contributed by atoms with Gasteiger partial charge in [0.25, 0.3) is 0 Å². The Morgan fingerprint density at radius 3 is 2.62 bits per heavy atom. The van der Waals surface area contributed by atoms with Crippen molar-refractivity contribution in [3.63, 3.8) is 0 Å². The minimum atomic E-state index is 0.505. The third kappa shape index (κ3) is 3.93. The molecule has 1 unspecified atom stereocenters. The van der Waals surface area contributed by atoms with E-state index in [-0.39, 0.29) is 0 Å². The summed E-state index contributed by atoms with van der Waals surface area (Å²) < 4.78 is 0. The van der Waals surface area contributed by atoms with Gasteiger partial charge in [0, 0.05) is 46.3 Å². The van der Waals surface area contributed by atoms with Crippen LogP contribution in [0.25, 0.3) is 0 Å². The largest absolute Gasteiger partial charge is 0.354 e. The van der Waals surface area contributed by atoms with Gasteiger partial charge in [0.15, 0.2) is 0 Å². The zero-order valence-corrected chi connectivity index (χ0v) is 13.8. The lowest BCUT2D eigenvalue weighted by Gasteiger charge is -2.37. The summed E-state index contributed by atoms with van der Waals surface area (Å²) in [5.41, 5.74) is 0. The standard InChI is InChI=1S/C14H27N7/c1-6-7-15-12-16-13(19(3)4)18-14(17-12)21-9-8-20(5)11(2)10-21/h11H,6-10H2,1-5H3,(H,15,16,17,18). The fourth-order valence-electron chi connectivity index (χ4n) is 2.24. The van der Waals surface area contributed by atoms with Crippen LogP contribution in [-0.4, -0.2) is 73.2 Å². The molecule has 2 heterocycles. The van der Waals surface area contributed by atoms with Gasteiger partial charge >= 0.3 is 0 Å². The van der Waals surface area contributed by atoms with Gasteiger partial charge in [0.05, 0.1) is 0 Å². The molecule has 1 aliphatic heterocycles. The highest BCUT2D eigenvalue weighted by molar-refractivity contribution is 5.45. The maximum atomic E-state index is 4.60. The molecule has 7 nitrogen and oxygen atoms in total. The van der Waals surface area contributed by atoms with Crippen LogP contribution in [0.3, 0.4) is 0 Å². The Kier molecular flexibility index (Phi) is 5.17. The SMILES string of the molecule is CCCNc1nc(N(C)C)nc(N2CCN(C)C(C)C2)n1. The molecule has 21 heavy (non-hydrogen) atoms. The van der Waals surface area contributed by atoms with Crippen molar-refractivity contribution in [1.29, 1.82) is 0 Å². The van der Waals surface area contributed by atoms with Crippen LogP contribution in [-0.2, 0) is 0 Å². The van der Waals surface area contributed by atoms with Crippen LogP contribution in [0.4, 0.5) is 17.8 Å². The molecular formula is C14H27N7. The molecule has 1 N–H and O–H groups in total. The molecule has 1 aromatic heterocycles. The van der Waals surface area contributed by atoms with E-state index >= 15 is 0 Å². The Morgan fingerprint density at radius 2 is 2.00 bits per heavy atom. The van der Waals surface area contributed by atoms with E-state index in [0.717, 1.165) is 38.5 Å². The van der Waals surface area contributed by atoms with E-state index in [1.54, 1.807) is 0 Å². The van der Waals surface area contributed by atoms with E-state index in [1.807, 2.05) is 19.0 Å². The molecule has 1 aliphatic rings. The first-order valence-electron chi connectivity index (χ1n) is 7.63. The van der Waals surface area contributed by atoms with Gasteiger partial charge in [0.1, 0.15) is 0 Å².